The van der Waals surface area contributed by atoms with Gasteiger partial charge in [0.2, 0.25) is 0 Å². The van der Waals surface area contributed by atoms with Crippen molar-refractivity contribution in [1.29, 1.82) is 0 Å². The second kappa shape index (κ2) is 25.2. The van der Waals surface area contributed by atoms with Crippen LogP contribution >= 0.6 is 50.7 Å². The van der Waals surface area contributed by atoms with Crippen LogP contribution in [0.25, 0.3) is 32.7 Å². The van der Waals surface area contributed by atoms with Gasteiger partial charge in [0.05, 0.1) is 17.6 Å². The minimum Gasteiger partial charge on any atom is -0.491 e. The van der Waals surface area contributed by atoms with E-state index in [1.54, 1.807) is 6.20 Å². The molecule has 0 saturated carbocycles. The van der Waals surface area contributed by atoms with Crippen molar-refractivity contribution < 1.29 is 4.74 Å². The van der Waals surface area contributed by atoms with E-state index in [0.717, 1.165) is 84.9 Å². The van der Waals surface area contributed by atoms with Crippen molar-refractivity contribution in [2.24, 2.45) is 0 Å². The van der Waals surface area contributed by atoms with Gasteiger partial charge in [-0.15, -0.1) is 0 Å². The van der Waals surface area contributed by atoms with Crippen molar-refractivity contribution in [1.82, 2.24) is 15.0 Å². The molecule has 0 aliphatic carbocycles. The van der Waals surface area contributed by atoms with Crippen molar-refractivity contribution in [2.75, 3.05) is 6.61 Å². The highest BCUT2D eigenvalue weighted by Crippen LogP contribution is 2.35. The van der Waals surface area contributed by atoms with E-state index in [9.17, 15) is 0 Å². The quantitative estimate of drug-likeness (QED) is 0.103. The van der Waals surface area contributed by atoms with Gasteiger partial charge in [-0.3, -0.25) is 15.0 Å². The van der Waals surface area contributed by atoms with Gasteiger partial charge in [0.1, 0.15) is 11.3 Å². The molecule has 3 aromatic heterocycles. The molecule has 0 fully saturated rings. The third-order valence-electron chi connectivity index (χ3n) is 12.4. The van der Waals surface area contributed by atoms with Crippen LogP contribution in [0, 0.1) is 0 Å². The number of para-hydroxylation sites is 2. The van der Waals surface area contributed by atoms with Gasteiger partial charge in [-0.05, 0) is 139 Å². The number of aromatic nitrogens is 3. The molecular weight excluding hydrogens is 953 g/mol. The number of ether oxygens (including phenoxy) is 1. The Balaban J connectivity index is 0.000000149. The Labute approximate surface area is 419 Å². The number of hydrogen-bond donors (Lipinski definition) is 0. The lowest BCUT2D eigenvalue weighted by atomic mass is 9.93. The first-order valence-corrected chi connectivity index (χ1v) is 25.1. The number of hydrogen-bond acceptors (Lipinski definition) is 4. The first-order valence-electron chi connectivity index (χ1n) is 23.2. The lowest BCUT2D eigenvalue weighted by Crippen LogP contribution is -2.04. The maximum Gasteiger partial charge on any atom is 0.145 e. The van der Waals surface area contributed by atoms with Gasteiger partial charge in [-0.25, -0.2) is 0 Å². The van der Waals surface area contributed by atoms with E-state index in [1.807, 2.05) is 91.3 Å². The van der Waals surface area contributed by atoms with E-state index in [2.05, 4.69) is 131 Å². The first-order chi connectivity index (χ1) is 32.7. The standard InChI is InChI=1S/C20H20BrN.C20H19Cl2N.C19H18ClNO/c1-15(16-8-3-2-4-9-16)7-5-10-17-12-13-19(21)18-11-6-14-22-20(17)18;1-14(19-17(21)11-4-12-18(19)22)6-2-7-15-8-3-9-16-10-5-13-23-20(15)16;1-14(16-8-2-3-9-17(16)20)11-13-22-18-10-4-6-15-7-5-12-21-19(15)18/h2-4,6,8-9,11-15H,5,7,10H2,1H3;3-5,8-14H,2,6-7H2,1H3;2-10,12,14H,11,13H2,1H3. The van der Waals surface area contributed by atoms with Gasteiger partial charge >= 0.3 is 0 Å². The van der Waals surface area contributed by atoms with Crippen molar-refractivity contribution in [3.8, 4) is 5.75 Å². The summed E-state index contributed by atoms with van der Waals surface area (Å²) in [6.07, 6.45) is 13.1. The SMILES string of the molecule is CC(CCCc1ccc(Br)c2cccnc12)c1ccccc1.CC(CCCc1cccc2cccnc12)c1c(Cl)cccc1Cl.CC(CCOc1cccc2cccnc12)c1ccccc1Cl. The fraction of sp³-hybridized carbons (Fsp3) is 0.237. The summed E-state index contributed by atoms with van der Waals surface area (Å²) in [5.41, 5.74) is 9.47. The molecule has 342 valence electrons. The van der Waals surface area contributed by atoms with E-state index in [-0.39, 0.29) is 0 Å². The Morgan fingerprint density at radius 1 is 0.478 bits per heavy atom. The van der Waals surface area contributed by atoms with Crippen molar-refractivity contribution >= 4 is 83.4 Å². The van der Waals surface area contributed by atoms with Gasteiger partial charge < -0.3 is 4.74 Å². The number of benzene rings is 6. The summed E-state index contributed by atoms with van der Waals surface area (Å²) in [6, 6.07) is 53.4. The van der Waals surface area contributed by atoms with Crippen LogP contribution < -0.4 is 4.74 Å². The molecule has 6 aromatic carbocycles. The number of nitrogens with zero attached hydrogens (tertiary/aromatic N) is 3. The lowest BCUT2D eigenvalue weighted by Gasteiger charge is -2.15. The molecule has 9 rings (SSSR count). The molecule has 0 amide bonds. The van der Waals surface area contributed by atoms with E-state index in [1.165, 1.54) is 45.9 Å². The predicted molar refractivity (Wildman–Crippen MR) is 289 cm³/mol. The summed E-state index contributed by atoms with van der Waals surface area (Å²) in [5, 5.41) is 5.85. The molecule has 4 nitrogen and oxygen atoms in total. The normalized spacial score (nSPS) is 12.4. The van der Waals surface area contributed by atoms with Crippen LogP contribution in [0.15, 0.2) is 181 Å². The number of fused-ring (bicyclic) bond motifs is 3. The highest BCUT2D eigenvalue weighted by molar-refractivity contribution is 9.10. The van der Waals surface area contributed by atoms with Gasteiger partial charge in [0, 0.05) is 54.3 Å². The summed E-state index contributed by atoms with van der Waals surface area (Å²) < 4.78 is 7.07. The fourth-order valence-corrected chi connectivity index (χ4v) is 10.2. The average Bonchev–Trinajstić information content (AvgIpc) is 3.35. The number of pyridine rings is 3. The maximum atomic E-state index is 6.30. The number of rotatable bonds is 15. The minimum atomic E-state index is 0.346. The number of halogens is 4. The topological polar surface area (TPSA) is 47.9 Å². The highest BCUT2D eigenvalue weighted by Gasteiger charge is 2.15. The van der Waals surface area contributed by atoms with Crippen LogP contribution in [-0.4, -0.2) is 21.6 Å². The van der Waals surface area contributed by atoms with Crippen molar-refractivity contribution in [3.63, 3.8) is 0 Å². The summed E-state index contributed by atoms with van der Waals surface area (Å²) >= 11 is 22.5. The summed E-state index contributed by atoms with van der Waals surface area (Å²) in [4.78, 5) is 13.5. The minimum absolute atomic E-state index is 0.346. The Morgan fingerprint density at radius 2 is 1.03 bits per heavy atom. The van der Waals surface area contributed by atoms with Gasteiger partial charge in [0.15, 0.2) is 0 Å². The van der Waals surface area contributed by atoms with Crippen LogP contribution in [0.4, 0.5) is 0 Å². The molecular formula is C59H57BrCl3N3O. The second-order valence-electron chi connectivity index (χ2n) is 17.1. The van der Waals surface area contributed by atoms with E-state index in [4.69, 9.17) is 39.5 Å². The second-order valence-corrected chi connectivity index (χ2v) is 19.2. The van der Waals surface area contributed by atoms with E-state index < -0.39 is 0 Å². The molecule has 0 radical (unpaired) electrons. The van der Waals surface area contributed by atoms with E-state index in [0.29, 0.717) is 24.4 Å². The van der Waals surface area contributed by atoms with Crippen molar-refractivity contribution in [3.05, 3.63) is 224 Å². The molecule has 67 heavy (non-hydrogen) atoms. The molecule has 3 atom stereocenters. The summed E-state index contributed by atoms with van der Waals surface area (Å²) in [6.45, 7) is 7.32. The molecule has 0 aliphatic rings. The first kappa shape index (κ1) is 49.6. The Bertz CT molecular complexity index is 2950. The Kier molecular flexibility index (Phi) is 18.6. The van der Waals surface area contributed by atoms with Gasteiger partial charge in [-0.2, -0.15) is 0 Å². The Hall–Kier alpha value is -5.30. The van der Waals surface area contributed by atoms with Crippen LogP contribution in [0.2, 0.25) is 15.1 Å². The molecule has 0 spiro atoms. The van der Waals surface area contributed by atoms with Gasteiger partial charge in [-0.1, -0.05) is 181 Å². The zero-order valence-corrected chi connectivity index (χ0v) is 42.2. The monoisotopic (exact) mass is 1010 g/mol. The van der Waals surface area contributed by atoms with Crippen LogP contribution in [0.1, 0.15) is 98.4 Å². The predicted octanol–water partition coefficient (Wildman–Crippen LogP) is 18.3. The molecule has 0 aliphatic heterocycles. The molecule has 3 unspecified atom stereocenters. The number of aryl methyl sites for hydroxylation is 2. The largest absolute Gasteiger partial charge is 0.491 e. The molecule has 9 aromatic rings. The molecule has 0 saturated heterocycles. The highest BCUT2D eigenvalue weighted by atomic mass is 79.9. The maximum absolute atomic E-state index is 6.30. The molecule has 3 heterocycles. The molecule has 0 bridgehead atoms. The van der Waals surface area contributed by atoms with Gasteiger partial charge in [0.25, 0.3) is 0 Å². The third-order valence-corrected chi connectivity index (χ3v) is 14.1. The van der Waals surface area contributed by atoms with E-state index >= 15 is 0 Å². The zero-order valence-electron chi connectivity index (χ0n) is 38.4. The smallest absolute Gasteiger partial charge is 0.145 e. The van der Waals surface area contributed by atoms with Crippen molar-refractivity contribution in [2.45, 2.75) is 83.5 Å². The van der Waals surface area contributed by atoms with Crippen LogP contribution in [-0.2, 0) is 12.8 Å². The average molecular weight is 1010 g/mol. The summed E-state index contributed by atoms with van der Waals surface area (Å²) in [5.74, 6) is 2.15. The van der Waals surface area contributed by atoms with Crippen LogP contribution in [0.3, 0.4) is 0 Å². The molecule has 0 N–H and O–H groups in total. The lowest BCUT2D eigenvalue weighted by molar-refractivity contribution is 0.303. The Morgan fingerprint density at radius 3 is 1.75 bits per heavy atom. The third kappa shape index (κ3) is 13.7. The zero-order chi connectivity index (χ0) is 47.0. The molecule has 8 heteroatoms. The van der Waals surface area contributed by atoms with Crippen LogP contribution in [0.5, 0.6) is 5.75 Å². The fourth-order valence-electron chi connectivity index (χ4n) is 8.61. The summed E-state index contributed by atoms with van der Waals surface area (Å²) in [7, 11) is 0.